The number of pyridine rings is 1. The highest BCUT2D eigenvalue weighted by Crippen LogP contribution is 2.14. The Labute approximate surface area is 187 Å². The summed E-state index contributed by atoms with van der Waals surface area (Å²) >= 11 is 0. The number of amides is 2. The highest BCUT2D eigenvalue weighted by Gasteiger charge is 2.23. The van der Waals surface area contributed by atoms with Crippen molar-refractivity contribution < 1.29 is 14.0 Å². The van der Waals surface area contributed by atoms with Crippen molar-refractivity contribution in [3.05, 3.63) is 93.8 Å². The maximum Gasteiger partial charge on any atom is 0.259 e. The average molecular weight is 436 g/mol. The van der Waals surface area contributed by atoms with E-state index in [0.717, 1.165) is 5.56 Å². The van der Waals surface area contributed by atoms with Gasteiger partial charge in [0.25, 0.3) is 11.8 Å². The molecule has 0 saturated carbocycles. The van der Waals surface area contributed by atoms with Gasteiger partial charge < -0.3 is 19.2 Å². The van der Waals surface area contributed by atoms with Crippen molar-refractivity contribution >= 4 is 11.8 Å². The molecule has 2 amide bonds. The quantitative estimate of drug-likeness (QED) is 0.583. The molecule has 0 aliphatic heterocycles. The molecule has 32 heavy (non-hydrogen) atoms. The second-order valence-electron chi connectivity index (χ2n) is 8.13. The molecule has 0 fully saturated rings. The van der Waals surface area contributed by atoms with E-state index in [1.54, 1.807) is 30.7 Å². The topological polar surface area (TPSA) is 84.5 Å². The maximum absolute atomic E-state index is 13.1. The molecule has 0 aliphatic rings. The van der Waals surface area contributed by atoms with Crippen LogP contribution in [0.5, 0.6) is 0 Å². The van der Waals surface area contributed by atoms with Crippen molar-refractivity contribution in [1.82, 2.24) is 14.8 Å². The number of nitrogens with zero attached hydrogens (tertiary/aromatic N) is 2. The van der Waals surface area contributed by atoms with Crippen molar-refractivity contribution in [2.45, 2.75) is 39.3 Å². The number of carbonyl (C=O) groups excluding carboxylic acids is 2. The predicted molar refractivity (Wildman–Crippen MR) is 123 cm³/mol. The summed E-state index contributed by atoms with van der Waals surface area (Å²) in [6, 6.07) is 12.9. The zero-order valence-electron chi connectivity index (χ0n) is 18.9. The van der Waals surface area contributed by atoms with Crippen molar-refractivity contribution in [2.75, 3.05) is 13.6 Å². The third-order valence-corrected chi connectivity index (χ3v) is 5.36. The van der Waals surface area contributed by atoms with Gasteiger partial charge in [0, 0.05) is 32.0 Å². The molecule has 7 nitrogen and oxygen atoms in total. The normalized spacial score (nSPS) is 11.9. The zero-order chi connectivity index (χ0) is 23.3. The Kier molecular flexibility index (Phi) is 7.30. The molecule has 2 aromatic heterocycles. The SMILES string of the molecule is CC(NC(=O)c1cn(C(C)C)cc(C(=O)N(C)CCc2ccccc2)c1=O)c1ccco1. The summed E-state index contributed by atoms with van der Waals surface area (Å²) in [5.74, 6) is -0.376. The number of likely N-dealkylation sites (N-methyl/N-ethyl adjacent to an activating group) is 1. The molecular weight excluding hydrogens is 406 g/mol. The molecule has 2 heterocycles. The standard InChI is InChI=1S/C25H29N3O4/c1-17(2)28-15-20(24(30)26-18(3)22-11-8-14-32-22)23(29)21(16-28)25(31)27(4)13-12-19-9-6-5-7-10-19/h5-11,14-18H,12-13H2,1-4H3,(H,26,30). The summed E-state index contributed by atoms with van der Waals surface area (Å²) in [7, 11) is 1.66. The van der Waals surface area contributed by atoms with E-state index in [-0.39, 0.29) is 17.2 Å². The van der Waals surface area contributed by atoms with Gasteiger partial charge in [-0.1, -0.05) is 30.3 Å². The van der Waals surface area contributed by atoms with Gasteiger partial charge in [-0.05, 0) is 44.9 Å². The Balaban J connectivity index is 1.85. The van der Waals surface area contributed by atoms with Gasteiger partial charge in [0.05, 0.1) is 12.3 Å². The van der Waals surface area contributed by atoms with Gasteiger partial charge in [-0.15, -0.1) is 0 Å². The fourth-order valence-electron chi connectivity index (χ4n) is 3.34. The molecule has 168 valence electrons. The zero-order valence-corrected chi connectivity index (χ0v) is 18.9. The fourth-order valence-corrected chi connectivity index (χ4v) is 3.34. The molecule has 1 aromatic carbocycles. The van der Waals surface area contributed by atoms with E-state index in [1.165, 1.54) is 23.6 Å². The summed E-state index contributed by atoms with van der Waals surface area (Å²) in [6.45, 7) is 6.07. The van der Waals surface area contributed by atoms with Gasteiger partial charge in [-0.3, -0.25) is 14.4 Å². The smallest absolute Gasteiger partial charge is 0.259 e. The van der Waals surface area contributed by atoms with E-state index in [9.17, 15) is 14.4 Å². The van der Waals surface area contributed by atoms with Crippen LogP contribution in [0.15, 0.2) is 70.3 Å². The van der Waals surface area contributed by atoms with E-state index < -0.39 is 23.3 Å². The lowest BCUT2D eigenvalue weighted by Gasteiger charge is -2.20. The van der Waals surface area contributed by atoms with Crippen molar-refractivity contribution in [2.24, 2.45) is 0 Å². The van der Waals surface area contributed by atoms with Crippen molar-refractivity contribution in [3.8, 4) is 0 Å². The number of rotatable bonds is 8. The molecule has 0 aliphatic carbocycles. The van der Waals surface area contributed by atoms with Crippen LogP contribution in [-0.2, 0) is 6.42 Å². The lowest BCUT2D eigenvalue weighted by Crippen LogP contribution is -2.37. The number of benzene rings is 1. The van der Waals surface area contributed by atoms with Crippen LogP contribution >= 0.6 is 0 Å². The second kappa shape index (κ2) is 10.1. The van der Waals surface area contributed by atoms with Gasteiger partial charge in [0.15, 0.2) is 0 Å². The number of aromatic nitrogens is 1. The van der Waals surface area contributed by atoms with Crippen LogP contribution < -0.4 is 10.7 Å². The van der Waals surface area contributed by atoms with E-state index in [0.29, 0.717) is 18.7 Å². The van der Waals surface area contributed by atoms with E-state index in [4.69, 9.17) is 4.42 Å². The minimum atomic E-state index is -0.581. The summed E-state index contributed by atoms with van der Waals surface area (Å²) in [5, 5.41) is 2.78. The lowest BCUT2D eigenvalue weighted by atomic mass is 10.1. The molecule has 1 unspecified atom stereocenters. The molecule has 0 saturated heterocycles. The first-order valence-corrected chi connectivity index (χ1v) is 10.7. The first-order chi connectivity index (χ1) is 15.3. The molecule has 7 heteroatoms. The lowest BCUT2D eigenvalue weighted by molar-refractivity contribution is 0.0794. The van der Waals surface area contributed by atoms with Crippen LogP contribution in [0.4, 0.5) is 0 Å². The van der Waals surface area contributed by atoms with Crippen LogP contribution in [0.25, 0.3) is 0 Å². The Morgan fingerprint density at radius 1 is 1.03 bits per heavy atom. The monoisotopic (exact) mass is 435 g/mol. The van der Waals surface area contributed by atoms with Crippen LogP contribution in [0, 0.1) is 0 Å². The largest absolute Gasteiger partial charge is 0.467 e. The van der Waals surface area contributed by atoms with Gasteiger partial charge >= 0.3 is 0 Å². The van der Waals surface area contributed by atoms with Gasteiger partial charge in [0.2, 0.25) is 5.43 Å². The van der Waals surface area contributed by atoms with Gasteiger partial charge in [-0.25, -0.2) is 0 Å². The number of carbonyl (C=O) groups is 2. The highest BCUT2D eigenvalue weighted by atomic mass is 16.3. The van der Waals surface area contributed by atoms with E-state index in [1.807, 2.05) is 44.2 Å². The molecule has 0 radical (unpaired) electrons. The summed E-state index contributed by atoms with van der Waals surface area (Å²) in [4.78, 5) is 40.7. The number of nitrogens with one attached hydrogen (secondary N) is 1. The number of hydrogen-bond acceptors (Lipinski definition) is 4. The minimum Gasteiger partial charge on any atom is -0.467 e. The highest BCUT2D eigenvalue weighted by molar-refractivity contribution is 5.99. The number of hydrogen-bond donors (Lipinski definition) is 1. The van der Waals surface area contributed by atoms with Gasteiger partial charge in [0.1, 0.15) is 16.9 Å². The third-order valence-electron chi connectivity index (χ3n) is 5.36. The molecule has 1 N–H and O–H groups in total. The van der Waals surface area contributed by atoms with Crippen LogP contribution in [0.3, 0.4) is 0 Å². The molecular formula is C25H29N3O4. The van der Waals surface area contributed by atoms with Crippen molar-refractivity contribution in [3.63, 3.8) is 0 Å². The Hall–Kier alpha value is -3.61. The van der Waals surface area contributed by atoms with Crippen molar-refractivity contribution in [1.29, 1.82) is 0 Å². The summed E-state index contributed by atoms with van der Waals surface area (Å²) in [6.07, 6.45) is 5.22. The van der Waals surface area contributed by atoms with E-state index in [2.05, 4.69) is 5.32 Å². The van der Waals surface area contributed by atoms with Crippen LogP contribution in [-0.4, -0.2) is 34.9 Å². The molecule has 3 rings (SSSR count). The Morgan fingerprint density at radius 3 is 2.34 bits per heavy atom. The Bertz CT molecular complexity index is 1120. The van der Waals surface area contributed by atoms with Crippen LogP contribution in [0.1, 0.15) is 64.9 Å². The minimum absolute atomic E-state index is 0.0208. The predicted octanol–water partition coefficient (Wildman–Crippen LogP) is 3.83. The fraction of sp³-hybridized carbons (Fsp3) is 0.320. The molecule has 0 bridgehead atoms. The number of furan rings is 1. The summed E-state index contributed by atoms with van der Waals surface area (Å²) < 4.78 is 7.04. The first kappa shape index (κ1) is 23.1. The first-order valence-electron chi connectivity index (χ1n) is 10.7. The Morgan fingerprint density at radius 2 is 1.72 bits per heavy atom. The molecule has 1 atom stereocenters. The van der Waals surface area contributed by atoms with Gasteiger partial charge in [-0.2, -0.15) is 0 Å². The molecule has 0 spiro atoms. The third kappa shape index (κ3) is 5.35. The van der Waals surface area contributed by atoms with E-state index >= 15 is 0 Å². The van der Waals surface area contributed by atoms with Crippen LogP contribution in [0.2, 0.25) is 0 Å². The maximum atomic E-state index is 13.1. The second-order valence-corrected chi connectivity index (χ2v) is 8.13. The summed E-state index contributed by atoms with van der Waals surface area (Å²) in [5.41, 5.74) is 0.432. The average Bonchev–Trinajstić information content (AvgIpc) is 3.32. The molecule has 3 aromatic rings.